The molecule has 2 heteroatoms. The summed E-state index contributed by atoms with van der Waals surface area (Å²) in [6, 6.07) is 9.87. The molecule has 1 aromatic carbocycles. The van der Waals surface area contributed by atoms with Crippen molar-refractivity contribution in [2.24, 2.45) is 0 Å². The van der Waals surface area contributed by atoms with Crippen LogP contribution in [0.4, 0.5) is 0 Å². The maximum absolute atomic E-state index is 6.55. The summed E-state index contributed by atoms with van der Waals surface area (Å²) in [7, 11) is 0. The first-order valence-electron chi connectivity index (χ1n) is 9.41. The minimum atomic E-state index is -1.20. The van der Waals surface area contributed by atoms with E-state index in [0.717, 1.165) is 11.3 Å². The molecule has 0 aliphatic heterocycles. The molecule has 1 aromatic rings. The molecule has 0 spiro atoms. The Bertz CT molecular complexity index is 462. The Labute approximate surface area is 142 Å². The van der Waals surface area contributed by atoms with Gasteiger partial charge in [0.1, 0.15) is 0 Å². The van der Waals surface area contributed by atoms with Gasteiger partial charge in [-0.3, -0.25) is 0 Å². The molecule has 0 aromatic heterocycles. The lowest BCUT2D eigenvalue weighted by Crippen LogP contribution is -2.25. The lowest BCUT2D eigenvalue weighted by molar-refractivity contribution is 0.483. The van der Waals surface area contributed by atoms with Crippen molar-refractivity contribution in [1.29, 1.82) is 0 Å². The summed E-state index contributed by atoms with van der Waals surface area (Å²) in [6.45, 7) is 0. The molecule has 0 bridgehead atoms. The molecule has 0 amide bonds. The Morgan fingerprint density at radius 1 is 0.773 bits per heavy atom. The molecular weight excluding hydrogens is 303 g/mol. The summed E-state index contributed by atoms with van der Waals surface area (Å²) in [5.74, 6) is 0. The number of benzene rings is 1. The van der Waals surface area contributed by atoms with Gasteiger partial charge in [0, 0.05) is 0 Å². The molecule has 122 valence electrons. The number of hydrogen-bond donors (Lipinski definition) is 0. The highest BCUT2D eigenvalue weighted by atomic mass is 32.4. The Balaban J connectivity index is 1.74. The first kappa shape index (κ1) is 16.7. The van der Waals surface area contributed by atoms with Crippen LogP contribution < -0.4 is 0 Å². The third kappa shape index (κ3) is 4.04. The van der Waals surface area contributed by atoms with Gasteiger partial charge in [0.15, 0.2) is 0 Å². The predicted molar refractivity (Wildman–Crippen MR) is 103 cm³/mol. The molecule has 0 heterocycles. The van der Waals surface area contributed by atoms with Crippen LogP contribution >= 0.6 is 6.04 Å². The first-order valence-corrected chi connectivity index (χ1v) is 12.5. The number of aryl methyl sites for hydroxylation is 1. The molecule has 22 heavy (non-hydrogen) atoms. The van der Waals surface area contributed by atoms with E-state index in [9.17, 15) is 0 Å². The van der Waals surface area contributed by atoms with Crippen molar-refractivity contribution in [1.82, 2.24) is 0 Å². The summed E-state index contributed by atoms with van der Waals surface area (Å²) in [4.78, 5) is 0. The van der Waals surface area contributed by atoms with Crippen LogP contribution in [0, 0.1) is 0 Å². The minimum absolute atomic E-state index is 0.920. The zero-order valence-electron chi connectivity index (χ0n) is 13.9. The van der Waals surface area contributed by atoms with Crippen LogP contribution in [-0.4, -0.2) is 17.5 Å². The van der Waals surface area contributed by atoms with Gasteiger partial charge < -0.3 is 0 Å². The second-order valence-electron chi connectivity index (χ2n) is 7.40. The van der Waals surface area contributed by atoms with E-state index in [1.54, 1.807) is 0 Å². The highest BCUT2D eigenvalue weighted by Crippen LogP contribution is 2.63. The molecule has 0 atom stereocenters. The minimum Gasteiger partial charge on any atom is -0.0969 e. The van der Waals surface area contributed by atoms with E-state index in [4.69, 9.17) is 11.8 Å². The van der Waals surface area contributed by atoms with E-state index in [1.807, 2.05) is 0 Å². The van der Waals surface area contributed by atoms with Crippen molar-refractivity contribution in [2.75, 3.05) is 6.16 Å². The molecule has 0 nitrogen and oxygen atoms in total. The molecule has 0 radical (unpaired) electrons. The average molecular weight is 335 g/mol. The molecular formula is C20H31PS. The molecule has 0 unspecified atom stereocenters. The Morgan fingerprint density at radius 2 is 1.27 bits per heavy atom. The second kappa shape index (κ2) is 8.11. The first-order chi connectivity index (χ1) is 10.8. The average Bonchev–Trinajstić information content (AvgIpc) is 2.62. The van der Waals surface area contributed by atoms with Crippen LogP contribution in [-0.2, 0) is 18.2 Å². The maximum atomic E-state index is 6.55. The van der Waals surface area contributed by atoms with Gasteiger partial charge in [-0.05, 0) is 61.2 Å². The van der Waals surface area contributed by atoms with E-state index < -0.39 is 6.04 Å². The van der Waals surface area contributed by atoms with Gasteiger partial charge >= 0.3 is 0 Å². The van der Waals surface area contributed by atoms with Crippen molar-refractivity contribution in [3.8, 4) is 0 Å². The highest BCUT2D eigenvalue weighted by molar-refractivity contribution is 8.15. The van der Waals surface area contributed by atoms with Crippen LogP contribution in [0.2, 0.25) is 0 Å². The standard InChI is InChI=1S/C20H31PS/c22-21(19-12-6-2-7-13-19,20-14-8-3-9-15-20)17-16-18-10-4-1-5-11-18/h1,4-5,10-11,19-20H,2-3,6-9,12-17H2. The molecule has 3 rings (SSSR count). The largest absolute Gasteiger partial charge is 0.0969 e. The fourth-order valence-corrected chi connectivity index (χ4v) is 10.6. The fourth-order valence-electron chi connectivity index (χ4n) is 4.65. The van der Waals surface area contributed by atoms with E-state index in [0.29, 0.717) is 0 Å². The van der Waals surface area contributed by atoms with Gasteiger partial charge in [0.25, 0.3) is 0 Å². The van der Waals surface area contributed by atoms with Gasteiger partial charge in [-0.15, -0.1) is 0 Å². The molecule has 2 saturated carbocycles. The predicted octanol–water partition coefficient (Wildman–Crippen LogP) is 6.37. The summed E-state index contributed by atoms with van der Waals surface area (Å²) >= 11 is 6.55. The quantitative estimate of drug-likeness (QED) is 0.563. The van der Waals surface area contributed by atoms with Crippen molar-refractivity contribution >= 4 is 17.8 Å². The van der Waals surface area contributed by atoms with Gasteiger partial charge in [-0.25, -0.2) is 0 Å². The third-order valence-electron chi connectivity index (χ3n) is 5.98. The lowest BCUT2D eigenvalue weighted by Gasteiger charge is -2.41. The number of rotatable bonds is 5. The Hall–Kier alpha value is -0.130. The highest BCUT2D eigenvalue weighted by Gasteiger charge is 2.36. The fraction of sp³-hybridized carbons (Fsp3) is 0.700. The van der Waals surface area contributed by atoms with Crippen LogP contribution in [0.3, 0.4) is 0 Å². The van der Waals surface area contributed by atoms with E-state index in [-0.39, 0.29) is 0 Å². The van der Waals surface area contributed by atoms with Crippen molar-refractivity contribution in [2.45, 2.75) is 81.9 Å². The van der Waals surface area contributed by atoms with Crippen molar-refractivity contribution < 1.29 is 0 Å². The molecule has 2 aliphatic carbocycles. The summed E-state index contributed by atoms with van der Waals surface area (Å²) in [5, 5.41) is 0. The van der Waals surface area contributed by atoms with Crippen LogP contribution in [0.5, 0.6) is 0 Å². The maximum Gasteiger partial charge on any atom is -0.0116 e. The number of hydrogen-bond acceptors (Lipinski definition) is 1. The topological polar surface area (TPSA) is 0 Å². The van der Waals surface area contributed by atoms with E-state index in [2.05, 4.69) is 30.3 Å². The van der Waals surface area contributed by atoms with Crippen LogP contribution in [0.25, 0.3) is 0 Å². The lowest BCUT2D eigenvalue weighted by atomic mass is 9.99. The van der Waals surface area contributed by atoms with Crippen molar-refractivity contribution in [3.05, 3.63) is 35.9 Å². The van der Waals surface area contributed by atoms with Crippen LogP contribution in [0.15, 0.2) is 30.3 Å². The zero-order valence-corrected chi connectivity index (χ0v) is 15.6. The Kier molecular flexibility index (Phi) is 6.16. The summed E-state index contributed by atoms with van der Waals surface area (Å²) in [5.41, 5.74) is 3.34. The molecule has 2 fully saturated rings. The summed E-state index contributed by atoms with van der Waals surface area (Å²) in [6.07, 6.45) is 17.0. The molecule has 0 N–H and O–H groups in total. The van der Waals surface area contributed by atoms with E-state index >= 15 is 0 Å². The second-order valence-corrected chi connectivity index (χ2v) is 13.1. The molecule has 2 aliphatic rings. The van der Waals surface area contributed by atoms with Gasteiger partial charge in [-0.2, -0.15) is 0 Å². The van der Waals surface area contributed by atoms with Crippen LogP contribution in [0.1, 0.15) is 69.8 Å². The smallest absolute Gasteiger partial charge is 0.0116 e. The third-order valence-corrected chi connectivity index (χ3v) is 12.7. The van der Waals surface area contributed by atoms with Gasteiger partial charge in [0.2, 0.25) is 0 Å². The summed E-state index contributed by atoms with van der Waals surface area (Å²) < 4.78 is 0. The SMILES string of the molecule is S=P(CCc1ccccc1)(C1CCCCC1)C1CCCCC1. The normalized spacial score (nSPS) is 21.8. The van der Waals surface area contributed by atoms with E-state index in [1.165, 1.54) is 82.4 Å². The molecule has 0 saturated heterocycles. The Morgan fingerprint density at radius 3 is 1.77 bits per heavy atom. The zero-order chi connectivity index (χ0) is 15.3. The monoisotopic (exact) mass is 334 g/mol. The van der Waals surface area contributed by atoms with Gasteiger partial charge in [0.05, 0.1) is 0 Å². The van der Waals surface area contributed by atoms with Gasteiger partial charge in [-0.1, -0.05) is 80.7 Å². The van der Waals surface area contributed by atoms with Crippen molar-refractivity contribution in [3.63, 3.8) is 0 Å².